The summed E-state index contributed by atoms with van der Waals surface area (Å²) in [6, 6.07) is 3.02. The normalized spacial score (nSPS) is 15.5. The van der Waals surface area contributed by atoms with Gasteiger partial charge < -0.3 is 14.2 Å². The molecule has 0 saturated carbocycles. The third kappa shape index (κ3) is 3.80. The van der Waals surface area contributed by atoms with Crippen LogP contribution >= 0.6 is 11.6 Å². The molecule has 5 nitrogen and oxygen atoms in total. The Kier molecular flexibility index (Phi) is 5.31. The summed E-state index contributed by atoms with van der Waals surface area (Å²) in [5.41, 5.74) is 0.699. The molecule has 0 aromatic heterocycles. The number of hydrogen-bond acceptors (Lipinski definition) is 5. The Hall–Kier alpha value is -1.46. The summed E-state index contributed by atoms with van der Waals surface area (Å²) < 4.78 is 16.1. The Morgan fingerprint density at radius 3 is 2.71 bits per heavy atom. The Morgan fingerprint density at radius 2 is 2.05 bits per heavy atom. The van der Waals surface area contributed by atoms with Crippen LogP contribution in [0, 0.1) is 0 Å². The fourth-order valence-corrected chi connectivity index (χ4v) is 2.44. The number of hydrogen-bond donors (Lipinski definition) is 1. The molecular formula is C15H20ClNO4. The quantitative estimate of drug-likeness (QED) is 0.866. The van der Waals surface area contributed by atoms with Gasteiger partial charge in [-0.1, -0.05) is 11.6 Å². The molecule has 0 spiro atoms. The second kappa shape index (κ2) is 7.00. The molecule has 1 aromatic carbocycles. The largest absolute Gasteiger partial charge is 0.489 e. The van der Waals surface area contributed by atoms with Gasteiger partial charge in [-0.3, -0.25) is 5.32 Å². The van der Waals surface area contributed by atoms with E-state index >= 15 is 0 Å². The molecule has 0 bridgehead atoms. The van der Waals surface area contributed by atoms with Gasteiger partial charge in [0.2, 0.25) is 0 Å². The van der Waals surface area contributed by atoms with Gasteiger partial charge in [-0.2, -0.15) is 0 Å². The maximum atomic E-state index is 12.0. The van der Waals surface area contributed by atoms with Crippen molar-refractivity contribution < 1.29 is 19.0 Å². The predicted molar refractivity (Wildman–Crippen MR) is 80.1 cm³/mol. The molecule has 6 heteroatoms. The van der Waals surface area contributed by atoms with Gasteiger partial charge in [0.25, 0.3) is 0 Å². The number of fused-ring (bicyclic) bond motifs is 1. The topological polar surface area (TPSA) is 56.8 Å². The second-order valence-corrected chi connectivity index (χ2v) is 5.57. The standard InChI is InChI=1S/C15H20ClNO4/c1-9(2)17-13(15(18)19-3)10-7-11(16)14-12(8-10)20-5-4-6-21-14/h7-9,13,17H,4-6H2,1-3H3. The fraction of sp³-hybridized carbons (Fsp3) is 0.533. The molecule has 1 heterocycles. The van der Waals surface area contributed by atoms with Crippen molar-refractivity contribution in [3.8, 4) is 11.5 Å². The number of methoxy groups -OCH3 is 1. The lowest BCUT2D eigenvalue weighted by Crippen LogP contribution is -2.34. The highest BCUT2D eigenvalue weighted by Crippen LogP contribution is 2.39. The van der Waals surface area contributed by atoms with Crippen LogP contribution in [0.4, 0.5) is 0 Å². The van der Waals surface area contributed by atoms with E-state index in [1.54, 1.807) is 12.1 Å². The number of carbonyl (C=O) groups is 1. The van der Waals surface area contributed by atoms with Crippen molar-refractivity contribution in [2.75, 3.05) is 20.3 Å². The first-order valence-electron chi connectivity index (χ1n) is 6.96. The lowest BCUT2D eigenvalue weighted by atomic mass is 10.1. The number of benzene rings is 1. The number of esters is 1. The van der Waals surface area contributed by atoms with E-state index in [0.29, 0.717) is 35.3 Å². The SMILES string of the molecule is COC(=O)C(NC(C)C)c1cc(Cl)c2c(c1)OCCCO2. The van der Waals surface area contributed by atoms with Gasteiger partial charge in [-0.05, 0) is 31.5 Å². The van der Waals surface area contributed by atoms with Crippen molar-refractivity contribution >= 4 is 17.6 Å². The summed E-state index contributed by atoms with van der Waals surface area (Å²) >= 11 is 6.26. The molecule has 0 fully saturated rings. The van der Waals surface area contributed by atoms with E-state index in [1.807, 2.05) is 13.8 Å². The first-order chi connectivity index (χ1) is 10.0. The van der Waals surface area contributed by atoms with E-state index in [1.165, 1.54) is 7.11 Å². The summed E-state index contributed by atoms with van der Waals surface area (Å²) in [4.78, 5) is 12.0. The van der Waals surface area contributed by atoms with Crippen LogP contribution in [0.25, 0.3) is 0 Å². The summed E-state index contributed by atoms with van der Waals surface area (Å²) in [5, 5.41) is 3.60. The molecule has 1 unspecified atom stereocenters. The molecule has 0 aliphatic carbocycles. The zero-order valence-electron chi connectivity index (χ0n) is 12.4. The van der Waals surface area contributed by atoms with Gasteiger partial charge in [-0.15, -0.1) is 0 Å². The monoisotopic (exact) mass is 313 g/mol. The minimum absolute atomic E-state index is 0.115. The van der Waals surface area contributed by atoms with Crippen LogP contribution in [-0.4, -0.2) is 32.3 Å². The highest BCUT2D eigenvalue weighted by molar-refractivity contribution is 6.32. The molecular weight excluding hydrogens is 294 g/mol. The van der Waals surface area contributed by atoms with E-state index in [4.69, 9.17) is 25.8 Å². The van der Waals surface area contributed by atoms with Gasteiger partial charge in [0.1, 0.15) is 6.04 Å². The van der Waals surface area contributed by atoms with Gasteiger partial charge in [-0.25, -0.2) is 4.79 Å². The van der Waals surface area contributed by atoms with E-state index in [-0.39, 0.29) is 12.0 Å². The Bertz CT molecular complexity index is 519. The summed E-state index contributed by atoms with van der Waals surface area (Å²) in [6.07, 6.45) is 0.797. The van der Waals surface area contributed by atoms with Crippen LogP contribution in [0.15, 0.2) is 12.1 Å². The molecule has 0 radical (unpaired) electrons. The summed E-state index contributed by atoms with van der Waals surface area (Å²) in [7, 11) is 1.36. The smallest absolute Gasteiger partial charge is 0.327 e. The maximum absolute atomic E-state index is 12.0. The highest BCUT2D eigenvalue weighted by atomic mass is 35.5. The third-order valence-electron chi connectivity index (χ3n) is 3.09. The number of halogens is 1. The lowest BCUT2D eigenvalue weighted by Gasteiger charge is -2.21. The molecule has 116 valence electrons. The average Bonchev–Trinajstić information content (AvgIpc) is 2.69. The van der Waals surface area contributed by atoms with Crippen LogP contribution in [0.2, 0.25) is 5.02 Å². The molecule has 1 atom stereocenters. The van der Waals surface area contributed by atoms with Crippen LogP contribution in [-0.2, 0) is 9.53 Å². The average molecular weight is 314 g/mol. The van der Waals surface area contributed by atoms with E-state index in [0.717, 1.165) is 6.42 Å². The fourth-order valence-electron chi connectivity index (χ4n) is 2.17. The zero-order chi connectivity index (χ0) is 15.4. The first kappa shape index (κ1) is 15.9. The minimum atomic E-state index is -0.593. The maximum Gasteiger partial charge on any atom is 0.327 e. The predicted octanol–water partition coefficient (Wildman–Crippen LogP) is 2.71. The van der Waals surface area contributed by atoms with E-state index in [2.05, 4.69) is 5.32 Å². The molecule has 21 heavy (non-hydrogen) atoms. The lowest BCUT2D eigenvalue weighted by molar-refractivity contribution is -0.143. The van der Waals surface area contributed by atoms with Crippen molar-refractivity contribution in [1.82, 2.24) is 5.32 Å². The van der Waals surface area contributed by atoms with Crippen molar-refractivity contribution in [3.05, 3.63) is 22.7 Å². The number of nitrogens with one attached hydrogen (secondary N) is 1. The molecule has 1 aromatic rings. The van der Waals surface area contributed by atoms with Crippen molar-refractivity contribution in [3.63, 3.8) is 0 Å². The summed E-state index contributed by atoms with van der Waals surface area (Å²) in [6.45, 7) is 5.05. The van der Waals surface area contributed by atoms with E-state index in [9.17, 15) is 4.79 Å². The Labute approximate surface area is 129 Å². The van der Waals surface area contributed by atoms with Crippen molar-refractivity contribution in [2.24, 2.45) is 0 Å². The van der Waals surface area contributed by atoms with Crippen LogP contribution < -0.4 is 14.8 Å². The van der Waals surface area contributed by atoms with Gasteiger partial charge in [0.15, 0.2) is 11.5 Å². The Morgan fingerprint density at radius 1 is 1.33 bits per heavy atom. The van der Waals surface area contributed by atoms with Crippen molar-refractivity contribution in [2.45, 2.75) is 32.4 Å². The third-order valence-corrected chi connectivity index (χ3v) is 3.38. The molecule has 0 amide bonds. The zero-order valence-corrected chi connectivity index (χ0v) is 13.2. The number of rotatable bonds is 4. The van der Waals surface area contributed by atoms with Gasteiger partial charge >= 0.3 is 5.97 Å². The number of carbonyl (C=O) groups excluding carboxylic acids is 1. The van der Waals surface area contributed by atoms with Crippen molar-refractivity contribution in [1.29, 1.82) is 0 Å². The van der Waals surface area contributed by atoms with Gasteiger partial charge in [0, 0.05) is 12.5 Å². The van der Waals surface area contributed by atoms with Crippen LogP contribution in [0.5, 0.6) is 11.5 Å². The van der Waals surface area contributed by atoms with E-state index < -0.39 is 6.04 Å². The molecule has 0 saturated heterocycles. The first-order valence-corrected chi connectivity index (χ1v) is 7.33. The number of ether oxygens (including phenoxy) is 3. The minimum Gasteiger partial charge on any atom is -0.489 e. The van der Waals surface area contributed by atoms with Gasteiger partial charge in [0.05, 0.1) is 25.3 Å². The molecule has 2 rings (SSSR count). The molecule has 1 aliphatic heterocycles. The molecule has 1 N–H and O–H groups in total. The highest BCUT2D eigenvalue weighted by Gasteiger charge is 2.25. The van der Waals surface area contributed by atoms with Crippen LogP contribution in [0.1, 0.15) is 31.9 Å². The summed E-state index contributed by atoms with van der Waals surface area (Å²) in [5.74, 6) is 0.731. The Balaban J connectivity index is 2.39. The second-order valence-electron chi connectivity index (χ2n) is 5.16. The van der Waals surface area contributed by atoms with Crippen LogP contribution in [0.3, 0.4) is 0 Å². The molecule has 1 aliphatic rings.